The van der Waals surface area contributed by atoms with Crippen molar-refractivity contribution in [2.45, 2.75) is 6.92 Å². The molecule has 6 heteroatoms. The Morgan fingerprint density at radius 1 is 1.27 bits per heavy atom. The molecule has 5 nitrogen and oxygen atoms in total. The lowest BCUT2D eigenvalue weighted by Gasteiger charge is -2.18. The first-order chi connectivity index (χ1) is 10.5. The van der Waals surface area contributed by atoms with Crippen LogP contribution in [0.1, 0.15) is 15.9 Å². The molecule has 0 aromatic heterocycles. The number of hydrogen-bond acceptors (Lipinski definition) is 3. The molecule has 22 heavy (non-hydrogen) atoms. The molecule has 0 saturated carbocycles. The number of carbonyl (C=O) groups excluding carboxylic acids is 2. The average molecular weight is 361 g/mol. The van der Waals surface area contributed by atoms with Crippen molar-refractivity contribution in [3.63, 3.8) is 0 Å². The summed E-state index contributed by atoms with van der Waals surface area (Å²) >= 11 is 3.43. The van der Waals surface area contributed by atoms with Crippen LogP contribution in [-0.4, -0.2) is 18.4 Å². The second kappa shape index (κ2) is 5.81. The predicted octanol–water partition coefficient (Wildman–Crippen LogP) is 3.34. The summed E-state index contributed by atoms with van der Waals surface area (Å²) in [6.07, 6.45) is 0. The summed E-state index contributed by atoms with van der Waals surface area (Å²) in [5, 5.41) is 5.53. The molecule has 0 unspecified atom stereocenters. The smallest absolute Gasteiger partial charge is 0.262 e. The predicted molar refractivity (Wildman–Crippen MR) is 87.4 cm³/mol. The number of amides is 2. The third-order valence-corrected chi connectivity index (χ3v) is 3.91. The maximum absolute atomic E-state index is 12.3. The van der Waals surface area contributed by atoms with Crippen LogP contribution in [0.4, 0.5) is 11.4 Å². The van der Waals surface area contributed by atoms with E-state index in [2.05, 4.69) is 26.6 Å². The summed E-state index contributed by atoms with van der Waals surface area (Å²) < 4.78 is 6.14. The SMILES string of the molecule is Cc1ccc(NC(=O)c2ccc3c(c2)OCC(=O)N3)c(Br)c1. The van der Waals surface area contributed by atoms with Gasteiger partial charge in [-0.05, 0) is 58.7 Å². The molecule has 2 amide bonds. The molecule has 112 valence electrons. The highest BCUT2D eigenvalue weighted by Crippen LogP contribution is 2.29. The Morgan fingerprint density at radius 3 is 2.86 bits per heavy atom. The lowest BCUT2D eigenvalue weighted by molar-refractivity contribution is -0.118. The Balaban J connectivity index is 1.82. The molecular formula is C16H13BrN2O3. The summed E-state index contributed by atoms with van der Waals surface area (Å²) in [5.41, 5.74) is 2.83. The second-order valence-corrected chi connectivity index (χ2v) is 5.84. The van der Waals surface area contributed by atoms with Crippen LogP contribution >= 0.6 is 15.9 Å². The topological polar surface area (TPSA) is 67.4 Å². The van der Waals surface area contributed by atoms with Crippen molar-refractivity contribution in [2.24, 2.45) is 0 Å². The fourth-order valence-corrected chi connectivity index (χ4v) is 2.72. The number of halogens is 1. The summed E-state index contributed by atoms with van der Waals surface area (Å²) in [4.78, 5) is 23.6. The fourth-order valence-electron chi connectivity index (χ4n) is 2.13. The zero-order valence-corrected chi connectivity index (χ0v) is 13.4. The summed E-state index contributed by atoms with van der Waals surface area (Å²) in [5.74, 6) is 0.0522. The highest BCUT2D eigenvalue weighted by atomic mass is 79.9. The number of nitrogens with one attached hydrogen (secondary N) is 2. The van der Waals surface area contributed by atoms with E-state index in [4.69, 9.17) is 4.74 Å². The van der Waals surface area contributed by atoms with Gasteiger partial charge >= 0.3 is 0 Å². The number of aryl methyl sites for hydroxylation is 1. The molecule has 2 aromatic carbocycles. The summed E-state index contributed by atoms with van der Waals surface area (Å²) in [6.45, 7) is 1.94. The van der Waals surface area contributed by atoms with Crippen LogP contribution in [0.3, 0.4) is 0 Å². The minimum atomic E-state index is -0.243. The van der Waals surface area contributed by atoms with Crippen LogP contribution in [0.5, 0.6) is 5.75 Å². The molecule has 2 N–H and O–H groups in total. The Bertz CT molecular complexity index is 774. The van der Waals surface area contributed by atoms with Crippen LogP contribution in [0.15, 0.2) is 40.9 Å². The summed E-state index contributed by atoms with van der Waals surface area (Å²) in [6, 6.07) is 10.6. The number of ether oxygens (including phenoxy) is 1. The molecule has 0 atom stereocenters. The molecule has 0 radical (unpaired) electrons. The lowest BCUT2D eigenvalue weighted by atomic mass is 10.1. The molecule has 1 heterocycles. The summed E-state index contributed by atoms with van der Waals surface area (Å²) in [7, 11) is 0. The van der Waals surface area contributed by atoms with Crippen molar-refractivity contribution in [2.75, 3.05) is 17.2 Å². The number of anilines is 2. The molecule has 0 bridgehead atoms. The maximum atomic E-state index is 12.3. The first kappa shape index (κ1) is 14.6. The Morgan fingerprint density at radius 2 is 2.09 bits per heavy atom. The molecule has 0 aliphatic carbocycles. The van der Waals surface area contributed by atoms with Crippen LogP contribution in [0.2, 0.25) is 0 Å². The van der Waals surface area contributed by atoms with Crippen LogP contribution in [0.25, 0.3) is 0 Å². The first-order valence-corrected chi connectivity index (χ1v) is 7.46. The van der Waals surface area contributed by atoms with Gasteiger partial charge in [-0.15, -0.1) is 0 Å². The Kier molecular flexibility index (Phi) is 3.85. The van der Waals surface area contributed by atoms with Gasteiger partial charge in [-0.2, -0.15) is 0 Å². The van der Waals surface area contributed by atoms with Gasteiger partial charge in [0.1, 0.15) is 5.75 Å². The van der Waals surface area contributed by atoms with Gasteiger partial charge in [0.2, 0.25) is 0 Å². The number of benzene rings is 2. The lowest BCUT2D eigenvalue weighted by Crippen LogP contribution is -2.25. The van der Waals surface area contributed by atoms with E-state index in [1.54, 1.807) is 18.2 Å². The quantitative estimate of drug-likeness (QED) is 0.862. The van der Waals surface area contributed by atoms with Crippen molar-refractivity contribution >= 4 is 39.1 Å². The normalized spacial score (nSPS) is 12.9. The third kappa shape index (κ3) is 2.96. The number of rotatable bonds is 2. The van der Waals surface area contributed by atoms with E-state index in [-0.39, 0.29) is 18.4 Å². The van der Waals surface area contributed by atoms with Gasteiger partial charge in [0.05, 0.1) is 11.4 Å². The highest BCUT2D eigenvalue weighted by Gasteiger charge is 2.18. The van der Waals surface area contributed by atoms with Crippen LogP contribution in [-0.2, 0) is 4.79 Å². The van der Waals surface area contributed by atoms with Crippen LogP contribution in [0, 0.1) is 6.92 Å². The average Bonchev–Trinajstić information content (AvgIpc) is 2.49. The first-order valence-electron chi connectivity index (χ1n) is 6.67. The van der Waals surface area contributed by atoms with E-state index in [0.717, 1.165) is 10.0 Å². The van der Waals surface area contributed by atoms with E-state index >= 15 is 0 Å². The highest BCUT2D eigenvalue weighted by molar-refractivity contribution is 9.10. The van der Waals surface area contributed by atoms with E-state index in [9.17, 15) is 9.59 Å². The zero-order chi connectivity index (χ0) is 15.7. The van der Waals surface area contributed by atoms with Crippen molar-refractivity contribution in [1.82, 2.24) is 0 Å². The Hall–Kier alpha value is -2.34. The van der Waals surface area contributed by atoms with Gasteiger partial charge in [-0.25, -0.2) is 0 Å². The van der Waals surface area contributed by atoms with Gasteiger partial charge < -0.3 is 15.4 Å². The van der Waals surface area contributed by atoms with Crippen molar-refractivity contribution in [3.8, 4) is 5.75 Å². The maximum Gasteiger partial charge on any atom is 0.262 e. The third-order valence-electron chi connectivity index (χ3n) is 3.25. The number of hydrogen-bond donors (Lipinski definition) is 2. The number of carbonyl (C=O) groups is 2. The molecule has 3 rings (SSSR count). The van der Waals surface area contributed by atoms with Gasteiger partial charge in [0.15, 0.2) is 6.61 Å². The van der Waals surface area contributed by atoms with Gasteiger partial charge in [-0.1, -0.05) is 6.07 Å². The molecule has 1 aliphatic rings. The molecule has 1 aliphatic heterocycles. The number of fused-ring (bicyclic) bond motifs is 1. The van der Waals surface area contributed by atoms with Gasteiger partial charge in [0, 0.05) is 10.0 Å². The standard InChI is InChI=1S/C16H13BrN2O3/c1-9-2-4-12(11(17)6-9)19-16(21)10-3-5-13-14(7-10)22-8-15(20)18-13/h2-7H,8H2,1H3,(H,18,20)(H,19,21). The fraction of sp³-hybridized carbons (Fsp3) is 0.125. The Labute approximate surface area is 135 Å². The van der Waals surface area contributed by atoms with Crippen molar-refractivity contribution < 1.29 is 14.3 Å². The second-order valence-electron chi connectivity index (χ2n) is 4.99. The van der Waals surface area contributed by atoms with Gasteiger partial charge in [0.25, 0.3) is 11.8 Å². The monoisotopic (exact) mass is 360 g/mol. The van der Waals surface area contributed by atoms with Crippen molar-refractivity contribution in [3.05, 3.63) is 52.0 Å². The van der Waals surface area contributed by atoms with E-state index in [1.807, 2.05) is 25.1 Å². The minimum absolute atomic E-state index is 0.0401. The molecule has 2 aromatic rings. The van der Waals surface area contributed by atoms with E-state index in [0.29, 0.717) is 22.7 Å². The molecule has 0 saturated heterocycles. The van der Waals surface area contributed by atoms with Crippen molar-refractivity contribution in [1.29, 1.82) is 0 Å². The molecule has 0 fully saturated rings. The largest absolute Gasteiger partial charge is 0.482 e. The molecular weight excluding hydrogens is 348 g/mol. The van der Waals surface area contributed by atoms with Gasteiger partial charge in [-0.3, -0.25) is 9.59 Å². The zero-order valence-electron chi connectivity index (χ0n) is 11.8. The van der Waals surface area contributed by atoms with E-state index < -0.39 is 0 Å². The van der Waals surface area contributed by atoms with Crippen LogP contribution < -0.4 is 15.4 Å². The minimum Gasteiger partial charge on any atom is -0.482 e. The molecule has 0 spiro atoms. The van der Waals surface area contributed by atoms with E-state index in [1.165, 1.54) is 0 Å².